The molecule has 0 aliphatic carbocycles. The number of aromatic nitrogens is 1. The molecule has 1 aromatic heterocycles. The molecule has 4 aromatic rings. The van der Waals surface area contributed by atoms with Crippen molar-refractivity contribution >= 4 is 40.7 Å². The van der Waals surface area contributed by atoms with Crippen molar-refractivity contribution in [3.63, 3.8) is 0 Å². The Morgan fingerprint density at radius 2 is 1.74 bits per heavy atom. The van der Waals surface area contributed by atoms with Gasteiger partial charge in [-0.05, 0) is 65.6 Å². The molecular weight excluding hydrogens is 535 g/mol. The molecule has 1 fully saturated rings. The van der Waals surface area contributed by atoms with E-state index in [0.29, 0.717) is 28.5 Å². The number of rotatable bonds is 7. The first-order chi connectivity index (χ1) is 18.8. The highest BCUT2D eigenvalue weighted by atomic mass is 35.5. The molecule has 1 saturated heterocycles. The second-order valence-electron chi connectivity index (χ2n) is 9.21. The molecule has 1 atom stereocenters. The Morgan fingerprint density at radius 3 is 2.44 bits per heavy atom. The first-order valence-corrected chi connectivity index (χ1v) is 13.0. The number of ketones is 1. The summed E-state index contributed by atoms with van der Waals surface area (Å²) < 4.78 is 5.96. The first kappa shape index (κ1) is 26.5. The Balaban J connectivity index is 1.54. The number of carbonyl (C=O) groups excluding carboxylic acids is 2. The number of Topliss-reactive ketones (excluding diaryl/α,β-unsaturated/α-hetero) is 1. The minimum Gasteiger partial charge on any atom is -0.507 e. The van der Waals surface area contributed by atoms with Gasteiger partial charge in [0.05, 0.1) is 11.6 Å². The van der Waals surface area contributed by atoms with Crippen molar-refractivity contribution in [3.8, 4) is 5.75 Å². The van der Waals surface area contributed by atoms with Crippen LogP contribution in [0.15, 0.2) is 96.8 Å². The van der Waals surface area contributed by atoms with Crippen LogP contribution in [0.3, 0.4) is 0 Å². The number of benzene rings is 3. The van der Waals surface area contributed by atoms with Crippen molar-refractivity contribution < 1.29 is 19.4 Å². The Labute approximate surface area is 236 Å². The van der Waals surface area contributed by atoms with Gasteiger partial charge in [-0.2, -0.15) is 0 Å². The van der Waals surface area contributed by atoms with Crippen molar-refractivity contribution in [1.82, 2.24) is 9.88 Å². The summed E-state index contributed by atoms with van der Waals surface area (Å²) in [7, 11) is 0. The van der Waals surface area contributed by atoms with Gasteiger partial charge in [0.15, 0.2) is 0 Å². The minimum absolute atomic E-state index is 0.0505. The fourth-order valence-electron chi connectivity index (χ4n) is 4.63. The monoisotopic (exact) mass is 558 g/mol. The largest absolute Gasteiger partial charge is 0.507 e. The summed E-state index contributed by atoms with van der Waals surface area (Å²) in [5, 5.41) is 12.1. The predicted octanol–water partition coefficient (Wildman–Crippen LogP) is 6.90. The summed E-state index contributed by atoms with van der Waals surface area (Å²) in [5.41, 5.74) is 3.33. The second kappa shape index (κ2) is 11.3. The van der Waals surface area contributed by atoms with E-state index < -0.39 is 17.7 Å². The molecule has 2 heterocycles. The fourth-order valence-corrected chi connectivity index (χ4v) is 5.14. The number of amides is 1. The lowest BCUT2D eigenvalue weighted by Crippen LogP contribution is -2.29. The molecule has 0 spiro atoms. The van der Waals surface area contributed by atoms with Crippen molar-refractivity contribution in [3.05, 3.63) is 135 Å². The molecule has 0 saturated carbocycles. The van der Waals surface area contributed by atoms with Crippen molar-refractivity contribution in [2.24, 2.45) is 0 Å². The van der Waals surface area contributed by atoms with Crippen LogP contribution in [0.5, 0.6) is 5.75 Å². The van der Waals surface area contributed by atoms with Crippen molar-refractivity contribution in [1.29, 1.82) is 0 Å². The van der Waals surface area contributed by atoms with E-state index in [0.717, 1.165) is 16.7 Å². The van der Waals surface area contributed by atoms with Crippen molar-refractivity contribution in [2.75, 3.05) is 0 Å². The third kappa shape index (κ3) is 5.53. The van der Waals surface area contributed by atoms with Crippen LogP contribution >= 0.6 is 23.2 Å². The maximum absolute atomic E-state index is 13.4. The van der Waals surface area contributed by atoms with Crippen LogP contribution in [0.2, 0.25) is 10.0 Å². The summed E-state index contributed by atoms with van der Waals surface area (Å²) in [5.74, 6) is -1.19. The SMILES string of the molecule is Cc1cc(/C(O)=C2\C(=O)C(=O)N(Cc3cccnc3)[C@H]2c2ccc(Cl)cc2Cl)ccc1OCc1ccccc1. The average molecular weight is 559 g/mol. The Hall–Kier alpha value is -4.13. The van der Waals surface area contributed by atoms with E-state index in [2.05, 4.69) is 4.98 Å². The molecular formula is C31H24Cl2N2O4. The van der Waals surface area contributed by atoms with E-state index in [9.17, 15) is 14.7 Å². The molecule has 39 heavy (non-hydrogen) atoms. The van der Waals surface area contributed by atoms with Gasteiger partial charge in [-0.15, -0.1) is 0 Å². The molecule has 5 rings (SSSR count). The molecule has 1 aliphatic heterocycles. The first-order valence-electron chi connectivity index (χ1n) is 12.2. The maximum Gasteiger partial charge on any atom is 0.295 e. The number of aliphatic hydroxyl groups excluding tert-OH is 1. The molecule has 8 heteroatoms. The number of hydrogen-bond donors (Lipinski definition) is 1. The van der Waals surface area contributed by atoms with Gasteiger partial charge in [0.2, 0.25) is 0 Å². The van der Waals surface area contributed by atoms with Gasteiger partial charge < -0.3 is 14.7 Å². The summed E-state index contributed by atoms with van der Waals surface area (Å²) in [6.07, 6.45) is 3.25. The van der Waals surface area contributed by atoms with Gasteiger partial charge in [0.25, 0.3) is 11.7 Å². The average Bonchev–Trinajstić information content (AvgIpc) is 3.18. The topological polar surface area (TPSA) is 79.7 Å². The molecule has 196 valence electrons. The van der Waals surface area contributed by atoms with E-state index in [1.54, 1.807) is 54.9 Å². The lowest BCUT2D eigenvalue weighted by atomic mass is 9.94. The highest BCUT2D eigenvalue weighted by molar-refractivity contribution is 6.47. The predicted molar refractivity (Wildman–Crippen MR) is 150 cm³/mol. The van der Waals surface area contributed by atoms with E-state index in [-0.39, 0.29) is 22.9 Å². The number of likely N-dealkylation sites (tertiary alicyclic amines) is 1. The number of halogens is 2. The summed E-state index contributed by atoms with van der Waals surface area (Å²) >= 11 is 12.7. The number of nitrogens with zero attached hydrogens (tertiary/aromatic N) is 2. The minimum atomic E-state index is -0.927. The lowest BCUT2D eigenvalue weighted by Gasteiger charge is -2.26. The molecule has 0 radical (unpaired) electrons. The molecule has 0 bridgehead atoms. The van der Waals surface area contributed by atoms with E-state index in [1.807, 2.05) is 43.3 Å². The van der Waals surface area contributed by atoms with Gasteiger partial charge in [0.1, 0.15) is 18.1 Å². The van der Waals surface area contributed by atoms with Crippen LogP contribution in [0.1, 0.15) is 33.9 Å². The van der Waals surface area contributed by atoms with E-state index >= 15 is 0 Å². The third-order valence-electron chi connectivity index (χ3n) is 6.56. The maximum atomic E-state index is 13.4. The Kier molecular flexibility index (Phi) is 7.68. The molecule has 6 nitrogen and oxygen atoms in total. The third-order valence-corrected chi connectivity index (χ3v) is 7.12. The molecule has 1 amide bonds. The number of ether oxygens (including phenoxy) is 1. The highest BCUT2D eigenvalue weighted by Gasteiger charge is 2.46. The van der Waals surface area contributed by atoms with Gasteiger partial charge in [0, 0.05) is 34.5 Å². The Bertz CT molecular complexity index is 1570. The summed E-state index contributed by atoms with van der Waals surface area (Å²) in [4.78, 5) is 32.2. The smallest absolute Gasteiger partial charge is 0.295 e. The molecule has 1 aliphatic rings. The zero-order valence-electron chi connectivity index (χ0n) is 21.0. The second-order valence-corrected chi connectivity index (χ2v) is 10.1. The van der Waals surface area contributed by atoms with Gasteiger partial charge >= 0.3 is 0 Å². The molecule has 3 aromatic carbocycles. The highest BCUT2D eigenvalue weighted by Crippen LogP contribution is 2.43. The van der Waals surface area contributed by atoms with Gasteiger partial charge in [-0.3, -0.25) is 14.6 Å². The Morgan fingerprint density at radius 1 is 0.974 bits per heavy atom. The number of carbonyl (C=O) groups is 2. The molecule has 1 N–H and O–H groups in total. The quantitative estimate of drug-likeness (QED) is 0.151. The van der Waals surface area contributed by atoms with E-state index in [1.165, 1.54) is 4.90 Å². The number of aryl methyl sites for hydroxylation is 1. The number of pyridine rings is 1. The standard InChI is InChI=1S/C31H24Cl2N2O4/c1-19-14-22(9-12-26(19)39-18-20-6-3-2-4-7-20)29(36)27-28(24-11-10-23(32)15-25(24)33)35(31(38)30(27)37)17-21-8-5-13-34-16-21/h2-16,28,36H,17-18H2,1H3/b29-27+/t28-/m0/s1. The zero-order chi connectivity index (χ0) is 27.5. The van der Waals surface area contributed by atoms with Crippen molar-refractivity contribution in [2.45, 2.75) is 26.1 Å². The molecule has 0 unspecified atom stereocenters. The summed E-state index contributed by atoms with van der Waals surface area (Å²) in [6.45, 7) is 2.34. The fraction of sp³-hybridized carbons (Fsp3) is 0.129. The number of hydrogen-bond acceptors (Lipinski definition) is 5. The normalized spacial score (nSPS) is 16.5. The van der Waals surface area contributed by atoms with Crippen LogP contribution in [-0.2, 0) is 22.7 Å². The number of aliphatic hydroxyl groups is 1. The van der Waals surface area contributed by atoms with Crippen LogP contribution in [0.25, 0.3) is 5.76 Å². The van der Waals surface area contributed by atoms with Crippen LogP contribution < -0.4 is 4.74 Å². The zero-order valence-corrected chi connectivity index (χ0v) is 22.5. The van der Waals surface area contributed by atoms with Gasteiger partial charge in [-0.25, -0.2) is 0 Å². The van der Waals surface area contributed by atoms with Crippen LogP contribution in [0.4, 0.5) is 0 Å². The lowest BCUT2D eigenvalue weighted by molar-refractivity contribution is -0.140. The van der Waals surface area contributed by atoms with Crippen LogP contribution in [0, 0.1) is 6.92 Å². The van der Waals surface area contributed by atoms with E-state index in [4.69, 9.17) is 27.9 Å². The summed E-state index contributed by atoms with van der Waals surface area (Å²) in [6, 6.07) is 22.4. The van der Waals surface area contributed by atoms with Gasteiger partial charge in [-0.1, -0.05) is 65.7 Å². The van der Waals surface area contributed by atoms with Crippen LogP contribution in [-0.4, -0.2) is 26.7 Å².